The second-order valence-corrected chi connectivity index (χ2v) is 6.31. The fraction of sp³-hybridized carbons (Fsp3) is 0.250. The minimum absolute atomic E-state index is 0.00280. The number of piperazine rings is 1. The van der Waals surface area contributed by atoms with E-state index < -0.39 is 11.6 Å². The summed E-state index contributed by atoms with van der Waals surface area (Å²) < 4.78 is 26.6. The van der Waals surface area contributed by atoms with Gasteiger partial charge in [-0.05, 0) is 23.8 Å². The molecule has 6 heteroatoms. The quantitative estimate of drug-likeness (QED) is 0.865. The van der Waals surface area contributed by atoms with Gasteiger partial charge in [0, 0.05) is 6.07 Å². The van der Waals surface area contributed by atoms with E-state index >= 15 is 0 Å². The maximum atomic E-state index is 13.6. The summed E-state index contributed by atoms with van der Waals surface area (Å²) >= 11 is 0. The number of carbonyl (C=O) groups excluding carboxylic acids is 1. The standard InChI is InChI=1S/C20H21F2N3O/c21-17-8-9-19(18(22)15-17)23-20(26)25-13-11-24(12-14-25)10-4-7-16-5-2-1-3-6-16/h1-9,15H,10-14H2,(H,23,26)/p+1. The first-order valence-electron chi connectivity index (χ1n) is 8.68. The molecule has 1 heterocycles. The first kappa shape index (κ1) is 18.1. The number of carbonyl (C=O) groups is 1. The topological polar surface area (TPSA) is 36.8 Å². The van der Waals surface area contributed by atoms with Crippen LogP contribution in [0.1, 0.15) is 5.56 Å². The van der Waals surface area contributed by atoms with E-state index in [0.717, 1.165) is 31.8 Å². The summed E-state index contributed by atoms with van der Waals surface area (Å²) in [6.07, 6.45) is 4.25. The van der Waals surface area contributed by atoms with E-state index in [-0.39, 0.29) is 11.7 Å². The van der Waals surface area contributed by atoms with E-state index in [1.165, 1.54) is 16.5 Å². The Kier molecular flexibility index (Phi) is 5.96. The minimum atomic E-state index is -0.770. The predicted molar refractivity (Wildman–Crippen MR) is 98.0 cm³/mol. The number of halogens is 2. The molecule has 0 spiro atoms. The third-order valence-electron chi connectivity index (χ3n) is 4.45. The van der Waals surface area contributed by atoms with E-state index in [2.05, 4.69) is 29.6 Å². The summed E-state index contributed by atoms with van der Waals surface area (Å²) in [6, 6.07) is 12.9. The second kappa shape index (κ2) is 8.58. The number of rotatable bonds is 4. The van der Waals surface area contributed by atoms with Gasteiger partial charge in [0.05, 0.1) is 38.4 Å². The van der Waals surface area contributed by atoms with Gasteiger partial charge in [-0.3, -0.25) is 0 Å². The number of nitrogens with one attached hydrogen (secondary N) is 2. The summed E-state index contributed by atoms with van der Waals surface area (Å²) in [5.74, 6) is -1.44. The van der Waals surface area contributed by atoms with Crippen LogP contribution in [0.3, 0.4) is 0 Å². The van der Waals surface area contributed by atoms with E-state index in [1.54, 1.807) is 4.90 Å². The molecule has 2 aromatic rings. The largest absolute Gasteiger partial charge is 0.329 e. The lowest BCUT2D eigenvalue weighted by Gasteiger charge is -2.31. The van der Waals surface area contributed by atoms with Crippen molar-refractivity contribution in [3.8, 4) is 0 Å². The van der Waals surface area contributed by atoms with Crippen LogP contribution < -0.4 is 10.2 Å². The first-order valence-corrected chi connectivity index (χ1v) is 8.68. The highest BCUT2D eigenvalue weighted by Crippen LogP contribution is 2.15. The number of nitrogens with zero attached hydrogens (tertiary/aromatic N) is 1. The number of hydrogen-bond acceptors (Lipinski definition) is 1. The molecule has 136 valence electrons. The highest BCUT2D eigenvalue weighted by atomic mass is 19.1. The van der Waals surface area contributed by atoms with Crippen LogP contribution in [-0.2, 0) is 0 Å². The van der Waals surface area contributed by atoms with Crippen molar-refractivity contribution in [3.63, 3.8) is 0 Å². The molecule has 0 unspecified atom stereocenters. The Morgan fingerprint density at radius 2 is 1.85 bits per heavy atom. The molecule has 1 fully saturated rings. The smallest absolute Gasteiger partial charge is 0.322 e. The molecule has 0 saturated carbocycles. The van der Waals surface area contributed by atoms with Gasteiger partial charge in [-0.15, -0.1) is 0 Å². The van der Waals surface area contributed by atoms with Crippen molar-refractivity contribution >= 4 is 17.8 Å². The average molecular weight is 358 g/mol. The monoisotopic (exact) mass is 358 g/mol. The van der Waals surface area contributed by atoms with Gasteiger partial charge in [-0.25, -0.2) is 13.6 Å². The summed E-state index contributed by atoms with van der Waals surface area (Å²) in [7, 11) is 0. The molecule has 0 aromatic heterocycles. The molecule has 1 aliphatic rings. The van der Waals surface area contributed by atoms with Crippen molar-refractivity contribution in [3.05, 3.63) is 71.8 Å². The lowest BCUT2D eigenvalue weighted by molar-refractivity contribution is -0.898. The van der Waals surface area contributed by atoms with Crippen LogP contribution in [0.2, 0.25) is 0 Å². The Morgan fingerprint density at radius 1 is 1.12 bits per heavy atom. The lowest BCUT2D eigenvalue weighted by atomic mass is 10.2. The molecular weight excluding hydrogens is 336 g/mol. The highest BCUT2D eigenvalue weighted by Gasteiger charge is 2.23. The van der Waals surface area contributed by atoms with Crippen molar-refractivity contribution in [2.45, 2.75) is 0 Å². The van der Waals surface area contributed by atoms with E-state index in [1.807, 2.05) is 18.2 Å². The molecule has 3 rings (SSSR count). The van der Waals surface area contributed by atoms with Gasteiger partial charge >= 0.3 is 6.03 Å². The van der Waals surface area contributed by atoms with E-state index in [9.17, 15) is 13.6 Å². The molecule has 2 aromatic carbocycles. The van der Waals surface area contributed by atoms with Gasteiger partial charge in [0.1, 0.15) is 11.6 Å². The van der Waals surface area contributed by atoms with Gasteiger partial charge in [-0.1, -0.05) is 36.4 Å². The van der Waals surface area contributed by atoms with Crippen LogP contribution >= 0.6 is 0 Å². The molecule has 1 saturated heterocycles. The van der Waals surface area contributed by atoms with Crippen LogP contribution in [0.15, 0.2) is 54.6 Å². The number of anilines is 1. The number of quaternary nitrogens is 1. The molecule has 0 atom stereocenters. The van der Waals surface area contributed by atoms with Crippen molar-refractivity contribution in [1.82, 2.24) is 4.90 Å². The number of urea groups is 1. The summed E-state index contributed by atoms with van der Waals surface area (Å²) in [6.45, 7) is 3.76. The maximum absolute atomic E-state index is 13.6. The fourth-order valence-corrected chi connectivity index (χ4v) is 2.94. The molecule has 0 aliphatic carbocycles. The first-order chi connectivity index (χ1) is 12.6. The zero-order chi connectivity index (χ0) is 18.4. The Labute approximate surface area is 151 Å². The van der Waals surface area contributed by atoms with Gasteiger partial charge in [0.15, 0.2) is 0 Å². The lowest BCUT2D eigenvalue weighted by Crippen LogP contribution is -3.14. The minimum Gasteiger partial charge on any atom is -0.329 e. The second-order valence-electron chi connectivity index (χ2n) is 6.31. The summed E-state index contributed by atoms with van der Waals surface area (Å²) in [5, 5.41) is 2.51. The van der Waals surface area contributed by atoms with Gasteiger partial charge < -0.3 is 15.1 Å². The third kappa shape index (κ3) is 4.89. The Bertz CT molecular complexity index is 772. The molecular formula is C20H22F2N3O+. The highest BCUT2D eigenvalue weighted by molar-refractivity contribution is 5.89. The molecule has 0 bridgehead atoms. The fourth-order valence-electron chi connectivity index (χ4n) is 2.94. The van der Waals surface area contributed by atoms with Gasteiger partial charge in [-0.2, -0.15) is 0 Å². The number of amides is 2. The zero-order valence-electron chi connectivity index (χ0n) is 14.4. The van der Waals surface area contributed by atoms with Crippen molar-refractivity contribution in [2.75, 3.05) is 38.0 Å². The van der Waals surface area contributed by atoms with E-state index in [0.29, 0.717) is 13.1 Å². The summed E-state index contributed by atoms with van der Waals surface area (Å²) in [4.78, 5) is 15.3. The average Bonchev–Trinajstić information content (AvgIpc) is 2.65. The third-order valence-corrected chi connectivity index (χ3v) is 4.45. The van der Waals surface area contributed by atoms with Crippen LogP contribution in [0.25, 0.3) is 6.08 Å². The molecule has 4 nitrogen and oxygen atoms in total. The molecule has 26 heavy (non-hydrogen) atoms. The molecule has 2 amide bonds. The Hall–Kier alpha value is -2.73. The Balaban J connectivity index is 1.45. The van der Waals surface area contributed by atoms with Crippen molar-refractivity contribution in [2.24, 2.45) is 0 Å². The molecule has 1 aliphatic heterocycles. The van der Waals surface area contributed by atoms with Crippen molar-refractivity contribution < 1.29 is 18.5 Å². The van der Waals surface area contributed by atoms with Gasteiger partial charge in [0.2, 0.25) is 0 Å². The van der Waals surface area contributed by atoms with Crippen LogP contribution in [-0.4, -0.2) is 43.7 Å². The van der Waals surface area contributed by atoms with Crippen LogP contribution in [0, 0.1) is 11.6 Å². The zero-order valence-corrected chi connectivity index (χ0v) is 14.4. The summed E-state index contributed by atoms with van der Waals surface area (Å²) in [5.41, 5.74) is 1.17. The van der Waals surface area contributed by atoms with Gasteiger partial charge in [0.25, 0.3) is 0 Å². The number of benzene rings is 2. The normalized spacial score (nSPS) is 15.4. The van der Waals surface area contributed by atoms with Crippen LogP contribution in [0.4, 0.5) is 19.3 Å². The number of hydrogen-bond donors (Lipinski definition) is 2. The van der Waals surface area contributed by atoms with E-state index in [4.69, 9.17) is 0 Å². The maximum Gasteiger partial charge on any atom is 0.322 e. The van der Waals surface area contributed by atoms with Crippen molar-refractivity contribution in [1.29, 1.82) is 0 Å². The molecule has 0 radical (unpaired) electrons. The predicted octanol–water partition coefficient (Wildman–Crippen LogP) is 2.41. The molecule has 2 N–H and O–H groups in total. The Morgan fingerprint density at radius 3 is 2.54 bits per heavy atom. The van der Waals surface area contributed by atoms with Crippen LogP contribution in [0.5, 0.6) is 0 Å². The SMILES string of the molecule is O=C(Nc1ccc(F)cc1F)N1CC[NH+](CC=Cc2ccccc2)CC1.